The number of hydrogen-bond acceptors (Lipinski definition) is 3. The van der Waals surface area contributed by atoms with E-state index in [-0.39, 0.29) is 12.1 Å². The van der Waals surface area contributed by atoms with Gasteiger partial charge in [0.25, 0.3) is 0 Å². The third-order valence-corrected chi connectivity index (χ3v) is 2.89. The van der Waals surface area contributed by atoms with Gasteiger partial charge in [-0.05, 0) is 32.1 Å². The Kier molecular flexibility index (Phi) is 4.94. The zero-order valence-corrected chi connectivity index (χ0v) is 8.87. The van der Waals surface area contributed by atoms with E-state index >= 15 is 0 Å². The number of hydrogen-bond donors (Lipinski definition) is 1. The molecule has 3 heteroatoms. The normalized spacial score (nSPS) is 19.6. The topological polar surface area (TPSA) is 46.5 Å². The van der Waals surface area contributed by atoms with E-state index in [1.54, 1.807) is 6.92 Å². The van der Waals surface area contributed by atoms with Crippen molar-refractivity contribution >= 4 is 5.97 Å². The van der Waals surface area contributed by atoms with Gasteiger partial charge in [0, 0.05) is 6.42 Å². The minimum absolute atomic E-state index is 0.190. The van der Waals surface area contributed by atoms with Crippen LogP contribution in [0.25, 0.3) is 0 Å². The lowest BCUT2D eigenvalue weighted by molar-refractivity contribution is -0.143. The van der Waals surface area contributed by atoms with E-state index in [0.29, 0.717) is 25.4 Å². The molecule has 1 saturated carbocycles. The van der Waals surface area contributed by atoms with E-state index in [1.165, 1.54) is 12.8 Å². The Bertz CT molecular complexity index is 173. The summed E-state index contributed by atoms with van der Waals surface area (Å²) in [6.45, 7) is 2.23. The van der Waals surface area contributed by atoms with Gasteiger partial charge in [-0.25, -0.2) is 0 Å². The molecule has 0 aromatic rings. The number of rotatable bonds is 5. The zero-order valence-electron chi connectivity index (χ0n) is 8.87. The van der Waals surface area contributed by atoms with Gasteiger partial charge in [0.15, 0.2) is 0 Å². The molecule has 1 aliphatic rings. The van der Waals surface area contributed by atoms with Crippen molar-refractivity contribution in [3.63, 3.8) is 0 Å². The summed E-state index contributed by atoms with van der Waals surface area (Å²) in [5.41, 5.74) is 0. The first-order chi connectivity index (χ1) is 6.74. The van der Waals surface area contributed by atoms with Crippen LogP contribution in [0.1, 0.15) is 45.4 Å². The van der Waals surface area contributed by atoms with E-state index in [0.717, 1.165) is 12.8 Å². The highest BCUT2D eigenvalue weighted by molar-refractivity contribution is 5.69. The quantitative estimate of drug-likeness (QED) is 0.689. The smallest absolute Gasteiger partial charge is 0.305 e. The molecule has 0 aliphatic heterocycles. The van der Waals surface area contributed by atoms with E-state index in [9.17, 15) is 9.90 Å². The van der Waals surface area contributed by atoms with Gasteiger partial charge in [-0.3, -0.25) is 4.79 Å². The van der Waals surface area contributed by atoms with Gasteiger partial charge in [0.2, 0.25) is 0 Å². The summed E-state index contributed by atoms with van der Waals surface area (Å²) < 4.78 is 4.80. The molecular weight excluding hydrogens is 180 g/mol. The summed E-state index contributed by atoms with van der Waals surface area (Å²) in [5.74, 6) is 0.231. The number of carbonyl (C=O) groups excluding carboxylic acids is 1. The number of aliphatic hydroxyl groups excluding tert-OH is 1. The second-order valence-electron chi connectivity index (χ2n) is 3.96. The summed E-state index contributed by atoms with van der Waals surface area (Å²) in [6, 6.07) is 0. The van der Waals surface area contributed by atoms with Crippen LogP contribution in [0.4, 0.5) is 0 Å². The molecule has 0 radical (unpaired) electrons. The molecular formula is C11H20O3. The van der Waals surface area contributed by atoms with Crippen molar-refractivity contribution in [2.24, 2.45) is 5.92 Å². The summed E-state index contributed by atoms with van der Waals surface area (Å²) in [5, 5.41) is 9.76. The molecule has 1 rings (SSSR count). The fraction of sp³-hybridized carbons (Fsp3) is 0.909. The fourth-order valence-corrected chi connectivity index (χ4v) is 2.08. The van der Waals surface area contributed by atoms with Crippen LogP contribution in [-0.2, 0) is 9.53 Å². The van der Waals surface area contributed by atoms with Crippen LogP contribution in [0.3, 0.4) is 0 Å². The first kappa shape index (κ1) is 11.5. The Morgan fingerprint density at radius 1 is 1.50 bits per heavy atom. The van der Waals surface area contributed by atoms with Crippen molar-refractivity contribution < 1.29 is 14.6 Å². The highest BCUT2D eigenvalue weighted by atomic mass is 16.5. The molecule has 1 aliphatic carbocycles. The third-order valence-electron chi connectivity index (χ3n) is 2.89. The predicted octanol–water partition coefficient (Wildman–Crippen LogP) is 1.88. The Balaban J connectivity index is 2.13. The minimum atomic E-state index is -0.304. The predicted molar refractivity (Wildman–Crippen MR) is 53.8 cm³/mol. The minimum Gasteiger partial charge on any atom is -0.466 e. The maximum Gasteiger partial charge on any atom is 0.305 e. The van der Waals surface area contributed by atoms with Gasteiger partial charge in [-0.1, -0.05) is 12.8 Å². The number of esters is 1. The first-order valence-electron chi connectivity index (χ1n) is 5.57. The van der Waals surface area contributed by atoms with Gasteiger partial charge in [0.1, 0.15) is 0 Å². The lowest BCUT2D eigenvalue weighted by Gasteiger charge is -2.16. The largest absolute Gasteiger partial charge is 0.466 e. The van der Waals surface area contributed by atoms with Gasteiger partial charge in [0.05, 0.1) is 12.7 Å². The van der Waals surface area contributed by atoms with Crippen LogP contribution in [0.5, 0.6) is 0 Å². The van der Waals surface area contributed by atoms with Gasteiger partial charge < -0.3 is 9.84 Å². The van der Waals surface area contributed by atoms with Crippen LogP contribution < -0.4 is 0 Å². The van der Waals surface area contributed by atoms with Crippen molar-refractivity contribution in [2.45, 2.75) is 51.6 Å². The highest BCUT2D eigenvalue weighted by Gasteiger charge is 2.23. The summed E-state index contributed by atoms with van der Waals surface area (Å²) in [4.78, 5) is 11.0. The Hall–Kier alpha value is -0.570. The average Bonchev–Trinajstić information content (AvgIpc) is 2.67. The molecule has 0 heterocycles. The van der Waals surface area contributed by atoms with Crippen molar-refractivity contribution in [3.05, 3.63) is 0 Å². The van der Waals surface area contributed by atoms with Crippen LogP contribution in [0.15, 0.2) is 0 Å². The number of carbonyl (C=O) groups is 1. The summed E-state index contributed by atoms with van der Waals surface area (Å²) >= 11 is 0. The van der Waals surface area contributed by atoms with Gasteiger partial charge in [-0.2, -0.15) is 0 Å². The lowest BCUT2D eigenvalue weighted by atomic mass is 9.97. The van der Waals surface area contributed by atoms with E-state index in [4.69, 9.17) is 4.74 Å². The van der Waals surface area contributed by atoms with Gasteiger partial charge >= 0.3 is 5.97 Å². The first-order valence-corrected chi connectivity index (χ1v) is 5.57. The van der Waals surface area contributed by atoms with Crippen molar-refractivity contribution in [1.29, 1.82) is 0 Å². The SMILES string of the molecule is CCOC(=O)CC[C@@H](O)C1CCCC1. The second kappa shape index (κ2) is 6.02. The van der Waals surface area contributed by atoms with Crippen molar-refractivity contribution in [1.82, 2.24) is 0 Å². The highest BCUT2D eigenvalue weighted by Crippen LogP contribution is 2.29. The van der Waals surface area contributed by atoms with E-state index in [1.807, 2.05) is 0 Å². The summed E-state index contributed by atoms with van der Waals surface area (Å²) in [6.07, 6.45) is 5.28. The van der Waals surface area contributed by atoms with Crippen LogP contribution in [-0.4, -0.2) is 23.8 Å². The number of aliphatic hydroxyl groups is 1. The molecule has 0 aromatic heterocycles. The number of ether oxygens (including phenoxy) is 1. The molecule has 82 valence electrons. The Morgan fingerprint density at radius 2 is 2.14 bits per heavy atom. The molecule has 1 atom stereocenters. The maximum absolute atomic E-state index is 11.0. The van der Waals surface area contributed by atoms with Crippen LogP contribution in [0.2, 0.25) is 0 Å². The lowest BCUT2D eigenvalue weighted by Crippen LogP contribution is -2.19. The molecule has 3 nitrogen and oxygen atoms in total. The van der Waals surface area contributed by atoms with Crippen molar-refractivity contribution in [2.75, 3.05) is 6.61 Å². The molecule has 1 N–H and O–H groups in total. The Morgan fingerprint density at radius 3 is 2.71 bits per heavy atom. The third kappa shape index (κ3) is 3.66. The van der Waals surface area contributed by atoms with Crippen LogP contribution in [0, 0.1) is 5.92 Å². The second-order valence-corrected chi connectivity index (χ2v) is 3.96. The molecule has 0 saturated heterocycles. The zero-order chi connectivity index (χ0) is 10.4. The standard InChI is InChI=1S/C11H20O3/c1-2-14-11(13)8-7-10(12)9-5-3-4-6-9/h9-10,12H,2-8H2,1H3/t10-/m1/s1. The molecule has 0 unspecified atom stereocenters. The van der Waals surface area contributed by atoms with E-state index in [2.05, 4.69) is 0 Å². The molecule has 0 bridgehead atoms. The average molecular weight is 200 g/mol. The molecule has 0 aromatic carbocycles. The molecule has 0 spiro atoms. The molecule has 0 amide bonds. The molecule has 1 fully saturated rings. The fourth-order valence-electron chi connectivity index (χ4n) is 2.08. The monoisotopic (exact) mass is 200 g/mol. The van der Waals surface area contributed by atoms with Gasteiger partial charge in [-0.15, -0.1) is 0 Å². The molecule has 14 heavy (non-hydrogen) atoms. The van der Waals surface area contributed by atoms with Crippen molar-refractivity contribution in [3.8, 4) is 0 Å². The van der Waals surface area contributed by atoms with Crippen LogP contribution >= 0.6 is 0 Å². The maximum atomic E-state index is 11.0. The Labute approximate surface area is 85.5 Å². The van der Waals surface area contributed by atoms with E-state index < -0.39 is 0 Å². The summed E-state index contributed by atoms with van der Waals surface area (Å²) in [7, 11) is 0.